The quantitative estimate of drug-likeness (QED) is 0.713. The summed E-state index contributed by atoms with van der Waals surface area (Å²) in [4.78, 5) is 39.6. The lowest BCUT2D eigenvalue weighted by atomic mass is 9.92. The number of halogens is 1. The van der Waals surface area contributed by atoms with E-state index in [1.807, 2.05) is 6.07 Å². The number of hydrogen-bond donors (Lipinski definition) is 3. The third kappa shape index (κ3) is 2.61. The van der Waals surface area contributed by atoms with Crippen LogP contribution in [0.5, 0.6) is 0 Å². The molecule has 1 aromatic heterocycles. The van der Waals surface area contributed by atoms with Gasteiger partial charge in [0.25, 0.3) is 11.8 Å². The van der Waals surface area contributed by atoms with E-state index in [0.717, 1.165) is 0 Å². The smallest absolute Gasteiger partial charge is 0.344 e. The summed E-state index contributed by atoms with van der Waals surface area (Å²) in [5, 5.41) is 3.31. The Morgan fingerprint density at radius 2 is 1.96 bits per heavy atom. The van der Waals surface area contributed by atoms with Crippen LogP contribution in [0.25, 0.3) is 0 Å². The van der Waals surface area contributed by atoms with Crippen molar-refractivity contribution in [2.45, 2.75) is 12.5 Å². The fourth-order valence-corrected chi connectivity index (χ4v) is 2.71. The maximum Gasteiger partial charge on any atom is 0.344 e. The van der Waals surface area contributed by atoms with Gasteiger partial charge < -0.3 is 10.3 Å². The molecule has 1 fully saturated rings. The van der Waals surface area contributed by atoms with E-state index >= 15 is 0 Å². The topological polar surface area (TPSA) is 94.3 Å². The lowest BCUT2D eigenvalue weighted by Crippen LogP contribution is -2.48. The van der Waals surface area contributed by atoms with Crippen LogP contribution in [0.4, 0.5) is 4.79 Å². The molecular formula is C15H13BrN4O3. The first-order valence-electron chi connectivity index (χ1n) is 6.79. The molecule has 1 saturated heterocycles. The van der Waals surface area contributed by atoms with Crippen molar-refractivity contribution in [1.82, 2.24) is 20.7 Å². The van der Waals surface area contributed by atoms with Gasteiger partial charge >= 0.3 is 6.03 Å². The molecule has 0 radical (unpaired) electrons. The molecule has 2 aromatic rings. The Bertz CT molecular complexity index is 789. The number of H-pyrrole nitrogens is 1. The van der Waals surface area contributed by atoms with Crippen LogP contribution in [0.1, 0.15) is 23.0 Å². The molecule has 0 unspecified atom stereocenters. The average Bonchev–Trinajstić information content (AvgIpc) is 3.06. The summed E-state index contributed by atoms with van der Waals surface area (Å²) in [5.41, 5.74) is 1.96. The van der Waals surface area contributed by atoms with Crippen molar-refractivity contribution in [3.63, 3.8) is 0 Å². The van der Waals surface area contributed by atoms with Gasteiger partial charge in [-0.15, -0.1) is 0 Å². The standard InChI is InChI=1S/C15H13BrN4O3/c1-15(9-5-3-2-4-6-9)13(22)20(14(23)18-15)19-12(21)11-7-10(16)8-17-11/h2-8,17H,1H3,(H,18,23)(H,19,21)/t15-/m1/s1. The van der Waals surface area contributed by atoms with Crippen LogP contribution in [0.3, 0.4) is 0 Å². The van der Waals surface area contributed by atoms with Gasteiger partial charge in [-0.05, 0) is 34.5 Å². The minimum atomic E-state index is -1.22. The number of carbonyl (C=O) groups excluding carboxylic acids is 3. The number of nitrogens with one attached hydrogen (secondary N) is 3. The predicted molar refractivity (Wildman–Crippen MR) is 85.1 cm³/mol. The van der Waals surface area contributed by atoms with Gasteiger partial charge in [0.15, 0.2) is 0 Å². The Hall–Kier alpha value is -2.61. The second kappa shape index (κ2) is 5.54. The van der Waals surface area contributed by atoms with E-state index in [1.165, 1.54) is 0 Å². The van der Waals surface area contributed by atoms with Gasteiger partial charge in [0.2, 0.25) is 0 Å². The Morgan fingerprint density at radius 1 is 1.26 bits per heavy atom. The van der Waals surface area contributed by atoms with Crippen molar-refractivity contribution in [3.8, 4) is 0 Å². The van der Waals surface area contributed by atoms with Gasteiger partial charge in [-0.25, -0.2) is 4.79 Å². The summed E-state index contributed by atoms with van der Waals surface area (Å²) >= 11 is 3.21. The fourth-order valence-electron chi connectivity index (χ4n) is 2.37. The van der Waals surface area contributed by atoms with E-state index in [4.69, 9.17) is 0 Å². The molecule has 1 aromatic carbocycles. The van der Waals surface area contributed by atoms with Crippen LogP contribution in [0, 0.1) is 0 Å². The van der Waals surface area contributed by atoms with Gasteiger partial charge in [0.05, 0.1) is 0 Å². The number of hydrogen-bond acceptors (Lipinski definition) is 3. The molecule has 1 atom stereocenters. The van der Waals surface area contributed by atoms with Crippen molar-refractivity contribution in [2.24, 2.45) is 0 Å². The molecule has 23 heavy (non-hydrogen) atoms. The number of rotatable bonds is 3. The first kappa shape index (κ1) is 15.3. The summed E-state index contributed by atoms with van der Waals surface area (Å²) in [6, 6.07) is 9.72. The maximum absolute atomic E-state index is 12.6. The van der Waals surface area contributed by atoms with Gasteiger partial charge in [-0.2, -0.15) is 5.01 Å². The molecule has 4 amide bonds. The molecular weight excluding hydrogens is 364 g/mol. The normalized spacial score (nSPS) is 20.5. The van der Waals surface area contributed by atoms with Gasteiger partial charge in [-0.1, -0.05) is 30.3 Å². The number of benzene rings is 1. The highest BCUT2D eigenvalue weighted by Crippen LogP contribution is 2.27. The summed E-state index contributed by atoms with van der Waals surface area (Å²) in [6.07, 6.45) is 1.58. The maximum atomic E-state index is 12.6. The van der Waals surface area contributed by atoms with E-state index in [2.05, 4.69) is 31.7 Å². The SMILES string of the molecule is C[C@]1(c2ccccc2)NC(=O)N(NC(=O)c2cc(Br)c[nH]2)C1=O. The first-order chi connectivity index (χ1) is 10.9. The van der Waals surface area contributed by atoms with Gasteiger partial charge in [0.1, 0.15) is 11.2 Å². The summed E-state index contributed by atoms with van der Waals surface area (Å²) in [7, 11) is 0. The van der Waals surface area contributed by atoms with Crippen molar-refractivity contribution in [2.75, 3.05) is 0 Å². The zero-order valence-electron chi connectivity index (χ0n) is 12.1. The molecule has 0 spiro atoms. The summed E-state index contributed by atoms with van der Waals surface area (Å²) < 4.78 is 0.689. The Balaban J connectivity index is 1.83. The molecule has 0 saturated carbocycles. The zero-order valence-corrected chi connectivity index (χ0v) is 13.7. The lowest BCUT2D eigenvalue weighted by Gasteiger charge is -2.21. The number of aromatic nitrogens is 1. The number of carbonyl (C=O) groups is 3. The number of aromatic amines is 1. The minimum absolute atomic E-state index is 0.228. The van der Waals surface area contributed by atoms with Crippen molar-refractivity contribution < 1.29 is 14.4 Å². The second-order valence-electron chi connectivity index (χ2n) is 5.23. The summed E-state index contributed by atoms with van der Waals surface area (Å²) in [5.74, 6) is -1.14. The van der Waals surface area contributed by atoms with Crippen LogP contribution >= 0.6 is 15.9 Å². The third-order valence-corrected chi connectivity index (χ3v) is 4.11. The van der Waals surface area contributed by atoms with E-state index < -0.39 is 23.4 Å². The predicted octanol–water partition coefficient (Wildman–Crippen LogP) is 1.89. The Labute approximate surface area is 140 Å². The van der Waals surface area contributed by atoms with Crippen molar-refractivity contribution >= 4 is 33.8 Å². The van der Waals surface area contributed by atoms with Crippen LogP contribution in [0.2, 0.25) is 0 Å². The van der Waals surface area contributed by atoms with Crippen molar-refractivity contribution in [1.29, 1.82) is 0 Å². The summed E-state index contributed by atoms with van der Waals surface area (Å²) in [6.45, 7) is 1.60. The van der Waals surface area contributed by atoms with Crippen LogP contribution in [-0.2, 0) is 10.3 Å². The molecule has 1 aliphatic rings. The highest BCUT2D eigenvalue weighted by molar-refractivity contribution is 9.10. The van der Waals surface area contributed by atoms with E-state index in [0.29, 0.717) is 15.0 Å². The van der Waals surface area contributed by atoms with Crippen LogP contribution in [-0.4, -0.2) is 27.8 Å². The number of urea groups is 1. The first-order valence-corrected chi connectivity index (χ1v) is 7.58. The van der Waals surface area contributed by atoms with E-state index in [9.17, 15) is 14.4 Å². The molecule has 3 rings (SSSR count). The van der Waals surface area contributed by atoms with E-state index in [1.54, 1.807) is 43.5 Å². The molecule has 0 bridgehead atoms. The number of amides is 4. The number of hydrazine groups is 1. The Morgan fingerprint density at radius 3 is 2.57 bits per heavy atom. The molecule has 7 nitrogen and oxygen atoms in total. The third-order valence-electron chi connectivity index (χ3n) is 3.65. The highest BCUT2D eigenvalue weighted by Gasteiger charge is 2.50. The van der Waals surface area contributed by atoms with E-state index in [-0.39, 0.29) is 5.69 Å². The second-order valence-corrected chi connectivity index (χ2v) is 6.15. The number of nitrogens with zero attached hydrogens (tertiary/aromatic N) is 1. The fraction of sp³-hybridized carbons (Fsp3) is 0.133. The molecule has 118 valence electrons. The average molecular weight is 377 g/mol. The molecule has 0 aliphatic carbocycles. The van der Waals surface area contributed by atoms with Gasteiger partial charge in [0, 0.05) is 10.7 Å². The molecule has 3 N–H and O–H groups in total. The van der Waals surface area contributed by atoms with Gasteiger partial charge in [-0.3, -0.25) is 15.0 Å². The monoisotopic (exact) mass is 376 g/mol. The minimum Gasteiger partial charge on any atom is -0.356 e. The largest absolute Gasteiger partial charge is 0.356 e. The van der Waals surface area contributed by atoms with Crippen molar-refractivity contribution in [3.05, 3.63) is 58.3 Å². The van der Waals surface area contributed by atoms with Crippen LogP contribution < -0.4 is 10.7 Å². The molecule has 1 aliphatic heterocycles. The number of imide groups is 1. The molecule has 2 heterocycles. The molecule has 8 heteroatoms. The van der Waals surface area contributed by atoms with Crippen LogP contribution in [0.15, 0.2) is 47.1 Å². The lowest BCUT2D eigenvalue weighted by molar-refractivity contribution is -0.132. The highest BCUT2D eigenvalue weighted by atomic mass is 79.9. The zero-order chi connectivity index (χ0) is 16.6. The Kier molecular flexibility index (Phi) is 3.69.